The van der Waals surface area contributed by atoms with Crippen LogP contribution in [0.5, 0.6) is 11.6 Å². The third kappa shape index (κ3) is 3.43. The summed E-state index contributed by atoms with van der Waals surface area (Å²) < 4.78 is 5.71. The van der Waals surface area contributed by atoms with Crippen LogP contribution in [0.2, 0.25) is 5.02 Å². The number of piperidine rings is 1. The van der Waals surface area contributed by atoms with Crippen molar-refractivity contribution in [3.63, 3.8) is 0 Å². The highest BCUT2D eigenvalue weighted by Crippen LogP contribution is 2.33. The van der Waals surface area contributed by atoms with Crippen LogP contribution in [0.1, 0.15) is 30.3 Å². The van der Waals surface area contributed by atoms with Gasteiger partial charge in [-0.15, -0.1) is 5.10 Å². The number of amides is 1. The number of nitrogens with two attached hydrogens (primary N) is 2. The van der Waals surface area contributed by atoms with Crippen LogP contribution >= 0.6 is 11.6 Å². The molecule has 1 aliphatic rings. The van der Waals surface area contributed by atoms with Crippen molar-refractivity contribution in [3.05, 3.63) is 29.2 Å². The summed E-state index contributed by atoms with van der Waals surface area (Å²) in [5.74, 6) is 0.381. The molecule has 28 heavy (non-hydrogen) atoms. The Morgan fingerprint density at radius 2 is 2.11 bits per heavy atom. The van der Waals surface area contributed by atoms with Gasteiger partial charge in [-0.25, -0.2) is 15.0 Å². The van der Waals surface area contributed by atoms with Gasteiger partial charge >= 0.3 is 0 Å². The first-order valence-electron chi connectivity index (χ1n) is 8.71. The molecule has 1 aliphatic heterocycles. The lowest BCUT2D eigenvalue weighted by atomic mass is 9.91. The van der Waals surface area contributed by atoms with Crippen LogP contribution in [-0.4, -0.2) is 49.7 Å². The molecular weight excluding hydrogens is 384 g/mol. The molecular formula is C17H19ClN8O2. The molecule has 0 radical (unpaired) electrons. The summed E-state index contributed by atoms with van der Waals surface area (Å²) in [5.41, 5.74) is 12.1. The van der Waals surface area contributed by atoms with Crippen molar-refractivity contribution in [1.82, 2.24) is 25.1 Å². The molecule has 0 aliphatic carbocycles. The Balaban J connectivity index is 1.59. The van der Waals surface area contributed by atoms with E-state index in [4.69, 9.17) is 27.8 Å². The summed E-state index contributed by atoms with van der Waals surface area (Å²) in [5, 5.41) is 6.93. The van der Waals surface area contributed by atoms with Crippen LogP contribution in [0.3, 0.4) is 0 Å². The maximum Gasteiger partial charge on any atom is 0.268 e. The number of hydrogen-bond acceptors (Lipinski definition) is 8. The number of rotatable bonds is 4. The second kappa shape index (κ2) is 6.88. The van der Waals surface area contributed by atoms with Crippen LogP contribution in [-0.2, 0) is 0 Å². The average Bonchev–Trinajstić information content (AvgIpc) is 3.05. The van der Waals surface area contributed by atoms with Crippen molar-refractivity contribution in [3.8, 4) is 11.6 Å². The molecule has 11 heteroatoms. The lowest BCUT2D eigenvalue weighted by molar-refractivity contribution is 0.0995. The van der Waals surface area contributed by atoms with Gasteiger partial charge in [0.1, 0.15) is 16.5 Å². The van der Waals surface area contributed by atoms with Crippen LogP contribution in [0.15, 0.2) is 18.5 Å². The van der Waals surface area contributed by atoms with Crippen molar-refractivity contribution >= 4 is 34.5 Å². The fraction of sp³-hybridized carbons (Fsp3) is 0.353. The highest BCUT2D eigenvalue weighted by Gasteiger charge is 2.27. The van der Waals surface area contributed by atoms with E-state index in [0.29, 0.717) is 11.2 Å². The Morgan fingerprint density at radius 3 is 2.82 bits per heavy atom. The monoisotopic (exact) mass is 402 g/mol. The van der Waals surface area contributed by atoms with Gasteiger partial charge < -0.3 is 21.1 Å². The van der Waals surface area contributed by atoms with Crippen molar-refractivity contribution < 1.29 is 9.53 Å². The van der Waals surface area contributed by atoms with Gasteiger partial charge in [-0.1, -0.05) is 11.6 Å². The van der Waals surface area contributed by atoms with Gasteiger partial charge in [0.15, 0.2) is 16.9 Å². The molecule has 0 bridgehead atoms. The molecule has 0 saturated carbocycles. The zero-order valence-electron chi connectivity index (χ0n) is 15.1. The minimum absolute atomic E-state index is 0.00822. The number of aromatic nitrogens is 5. The van der Waals surface area contributed by atoms with E-state index in [-0.39, 0.29) is 27.9 Å². The number of anilines is 1. The van der Waals surface area contributed by atoms with E-state index < -0.39 is 5.91 Å². The van der Waals surface area contributed by atoms with Crippen LogP contribution in [0.4, 0.5) is 5.82 Å². The highest BCUT2D eigenvalue weighted by molar-refractivity contribution is 6.34. The van der Waals surface area contributed by atoms with E-state index in [2.05, 4.69) is 37.0 Å². The standard InChI is InChI=1S/C17H19ClN8O2/c1-17(20)3-6-26(7-4-17)10-8-22-13-15(23-10)24-25-16(13)28-9-2-5-21-12(11(9)18)14(19)27/h2,5,8H,3-4,6-7,20H2,1H3,(H2,19,27)(H,23,24,25). The molecule has 3 aromatic rings. The Bertz CT molecular complexity index is 1040. The Hall–Kier alpha value is -2.98. The number of H-pyrrole nitrogens is 1. The number of primary amides is 1. The van der Waals surface area contributed by atoms with Gasteiger partial charge in [-0.2, -0.15) is 0 Å². The molecule has 1 fully saturated rings. The number of nitrogens with zero attached hydrogens (tertiary/aromatic N) is 5. The van der Waals surface area contributed by atoms with Crippen molar-refractivity contribution in [2.75, 3.05) is 18.0 Å². The predicted molar refractivity (Wildman–Crippen MR) is 104 cm³/mol. The number of nitrogens with one attached hydrogen (secondary N) is 1. The van der Waals surface area contributed by atoms with Crippen molar-refractivity contribution in [1.29, 1.82) is 0 Å². The molecule has 1 saturated heterocycles. The molecule has 1 amide bonds. The molecule has 4 rings (SSSR count). The second-order valence-electron chi connectivity index (χ2n) is 7.03. The van der Waals surface area contributed by atoms with Gasteiger partial charge in [0.05, 0.1) is 6.20 Å². The SMILES string of the molecule is CC1(N)CCN(c2cnc3c(Oc4ccnc(C(N)=O)c4Cl)n[nH]c3n2)CC1. The zero-order valence-corrected chi connectivity index (χ0v) is 15.9. The number of halogens is 1. The molecule has 10 nitrogen and oxygen atoms in total. The van der Waals surface area contributed by atoms with E-state index in [1.807, 2.05) is 0 Å². The lowest BCUT2D eigenvalue weighted by Gasteiger charge is -2.37. The van der Waals surface area contributed by atoms with E-state index >= 15 is 0 Å². The quantitative estimate of drug-likeness (QED) is 0.595. The molecule has 0 atom stereocenters. The average molecular weight is 403 g/mol. The Labute approximate surface area is 165 Å². The van der Waals surface area contributed by atoms with E-state index in [1.54, 1.807) is 6.20 Å². The molecule has 0 aromatic carbocycles. The lowest BCUT2D eigenvalue weighted by Crippen LogP contribution is -2.48. The van der Waals surface area contributed by atoms with Crippen LogP contribution in [0, 0.1) is 0 Å². The van der Waals surface area contributed by atoms with Crippen molar-refractivity contribution in [2.45, 2.75) is 25.3 Å². The van der Waals surface area contributed by atoms with Crippen LogP contribution in [0.25, 0.3) is 11.2 Å². The highest BCUT2D eigenvalue weighted by atomic mass is 35.5. The molecule has 0 unspecified atom stereocenters. The first kappa shape index (κ1) is 18.4. The summed E-state index contributed by atoms with van der Waals surface area (Å²) in [6.45, 7) is 3.69. The summed E-state index contributed by atoms with van der Waals surface area (Å²) >= 11 is 6.14. The number of ether oxygens (including phenoxy) is 1. The summed E-state index contributed by atoms with van der Waals surface area (Å²) in [7, 11) is 0. The number of carbonyl (C=O) groups is 1. The van der Waals surface area contributed by atoms with Crippen molar-refractivity contribution in [2.24, 2.45) is 11.5 Å². The van der Waals surface area contributed by atoms with Crippen LogP contribution < -0.4 is 21.1 Å². The molecule has 4 heterocycles. The Kier molecular flexibility index (Phi) is 4.52. The number of aromatic amines is 1. The van der Waals surface area contributed by atoms with E-state index in [0.717, 1.165) is 31.7 Å². The molecule has 3 aromatic heterocycles. The maximum atomic E-state index is 11.4. The summed E-state index contributed by atoms with van der Waals surface area (Å²) in [6, 6.07) is 1.51. The fourth-order valence-electron chi connectivity index (χ4n) is 3.02. The number of fused-ring (bicyclic) bond motifs is 1. The Morgan fingerprint density at radius 1 is 1.36 bits per heavy atom. The number of pyridine rings is 1. The second-order valence-corrected chi connectivity index (χ2v) is 7.41. The van der Waals surface area contributed by atoms with Gasteiger partial charge in [0.2, 0.25) is 0 Å². The zero-order chi connectivity index (χ0) is 19.9. The number of hydrogen-bond donors (Lipinski definition) is 3. The first-order valence-corrected chi connectivity index (χ1v) is 9.09. The van der Waals surface area contributed by atoms with Gasteiger partial charge in [-0.3, -0.25) is 9.89 Å². The van der Waals surface area contributed by atoms with E-state index in [9.17, 15) is 4.79 Å². The fourth-order valence-corrected chi connectivity index (χ4v) is 3.27. The van der Waals surface area contributed by atoms with E-state index in [1.165, 1.54) is 12.3 Å². The molecule has 5 N–H and O–H groups in total. The third-order valence-electron chi connectivity index (χ3n) is 4.75. The normalized spacial score (nSPS) is 16.3. The topological polar surface area (TPSA) is 149 Å². The first-order chi connectivity index (χ1) is 13.3. The number of carbonyl (C=O) groups excluding carboxylic acids is 1. The van der Waals surface area contributed by atoms with Gasteiger partial charge in [0, 0.05) is 30.9 Å². The minimum Gasteiger partial charge on any atom is -0.434 e. The molecule has 0 spiro atoms. The third-order valence-corrected chi connectivity index (χ3v) is 5.11. The van der Waals surface area contributed by atoms with Gasteiger partial charge in [-0.05, 0) is 19.8 Å². The maximum absolute atomic E-state index is 11.4. The summed E-state index contributed by atoms with van der Waals surface area (Å²) in [6.07, 6.45) is 4.81. The van der Waals surface area contributed by atoms with Gasteiger partial charge in [0.25, 0.3) is 11.8 Å². The summed E-state index contributed by atoms with van der Waals surface area (Å²) in [4.78, 5) is 26.4. The largest absolute Gasteiger partial charge is 0.434 e. The predicted octanol–water partition coefficient (Wildman–Crippen LogP) is 1.61. The molecule has 146 valence electrons. The minimum atomic E-state index is -0.748. The smallest absolute Gasteiger partial charge is 0.268 e.